The van der Waals surface area contributed by atoms with E-state index in [1.54, 1.807) is 12.1 Å². The van der Waals surface area contributed by atoms with Gasteiger partial charge in [-0.2, -0.15) is 0 Å². The number of pyridine rings is 1. The van der Waals surface area contributed by atoms with Crippen LogP contribution in [0, 0.1) is 19.7 Å². The van der Waals surface area contributed by atoms with E-state index in [0.29, 0.717) is 11.3 Å². The van der Waals surface area contributed by atoms with Gasteiger partial charge in [0.15, 0.2) is 5.52 Å². The summed E-state index contributed by atoms with van der Waals surface area (Å²) in [5.41, 5.74) is 2.26. The Balaban J connectivity index is 1.75. The molecule has 8 heteroatoms. The van der Waals surface area contributed by atoms with Crippen molar-refractivity contribution >= 4 is 22.6 Å². The molecule has 0 atom stereocenters. The lowest BCUT2D eigenvalue weighted by Gasteiger charge is -2.14. The van der Waals surface area contributed by atoms with Crippen LogP contribution in [-0.2, 0) is 17.9 Å². The summed E-state index contributed by atoms with van der Waals surface area (Å²) >= 11 is 0. The fraction of sp³-hybridized carbons (Fsp3) is 0.167. The van der Waals surface area contributed by atoms with Crippen LogP contribution in [0.1, 0.15) is 16.7 Å². The third-order valence-corrected chi connectivity index (χ3v) is 5.21. The molecule has 0 fully saturated rings. The third-order valence-electron chi connectivity index (χ3n) is 5.21. The summed E-state index contributed by atoms with van der Waals surface area (Å²) in [6.07, 6.45) is 1.46. The highest BCUT2D eigenvalue weighted by Crippen LogP contribution is 2.16. The lowest BCUT2D eigenvalue weighted by atomic mass is 10.1. The third kappa shape index (κ3) is 4.20. The molecule has 2 heterocycles. The van der Waals surface area contributed by atoms with E-state index in [4.69, 9.17) is 0 Å². The molecule has 32 heavy (non-hydrogen) atoms. The van der Waals surface area contributed by atoms with Crippen LogP contribution in [0.15, 0.2) is 70.4 Å². The van der Waals surface area contributed by atoms with Crippen molar-refractivity contribution in [2.45, 2.75) is 26.9 Å². The Morgan fingerprint density at radius 2 is 1.78 bits per heavy atom. The van der Waals surface area contributed by atoms with Gasteiger partial charge in [0, 0.05) is 11.9 Å². The molecule has 0 saturated heterocycles. The van der Waals surface area contributed by atoms with E-state index in [0.717, 1.165) is 15.7 Å². The van der Waals surface area contributed by atoms with Crippen LogP contribution in [-0.4, -0.2) is 20.0 Å². The first kappa shape index (κ1) is 21.2. The minimum absolute atomic E-state index is 0.0664. The smallest absolute Gasteiger partial charge is 0.324 e. The number of hydrogen-bond acceptors (Lipinski definition) is 4. The number of anilines is 1. The number of halogens is 1. The highest BCUT2D eigenvalue weighted by molar-refractivity contribution is 5.92. The molecule has 1 N–H and O–H groups in total. The Kier molecular flexibility index (Phi) is 5.68. The van der Waals surface area contributed by atoms with Crippen molar-refractivity contribution in [3.05, 3.63) is 104 Å². The van der Waals surface area contributed by atoms with Gasteiger partial charge in [0.1, 0.15) is 12.4 Å². The molecule has 0 aliphatic heterocycles. The van der Waals surface area contributed by atoms with Crippen LogP contribution >= 0.6 is 0 Å². The highest BCUT2D eigenvalue weighted by atomic mass is 19.1. The molecule has 2 aromatic carbocycles. The van der Waals surface area contributed by atoms with Gasteiger partial charge in [0.2, 0.25) is 5.91 Å². The second kappa shape index (κ2) is 8.58. The molecule has 0 unspecified atom stereocenters. The monoisotopic (exact) mass is 432 g/mol. The molecule has 1 amide bonds. The molecular formula is C24H21FN4O3. The van der Waals surface area contributed by atoms with E-state index in [1.807, 2.05) is 32.0 Å². The first-order chi connectivity index (χ1) is 15.3. The molecular weight excluding hydrogens is 411 g/mol. The quantitative estimate of drug-likeness (QED) is 0.525. The van der Waals surface area contributed by atoms with Gasteiger partial charge >= 0.3 is 5.69 Å². The van der Waals surface area contributed by atoms with E-state index in [9.17, 15) is 18.8 Å². The largest absolute Gasteiger partial charge is 0.332 e. The van der Waals surface area contributed by atoms with Crippen LogP contribution in [0.3, 0.4) is 0 Å². The first-order valence-corrected chi connectivity index (χ1v) is 10.0. The maximum atomic E-state index is 13.2. The number of benzene rings is 2. The predicted molar refractivity (Wildman–Crippen MR) is 120 cm³/mol. The number of nitrogens with zero attached hydrogens (tertiary/aromatic N) is 3. The van der Waals surface area contributed by atoms with Crippen molar-refractivity contribution in [1.29, 1.82) is 0 Å². The van der Waals surface area contributed by atoms with Gasteiger partial charge < -0.3 is 5.32 Å². The molecule has 0 saturated carbocycles. The standard InChI is InChI=1S/C24H21FN4O3/c1-15-5-6-16(2)19(12-15)27-21(30)14-28-20-4-3-11-26-22(20)23(31)29(24(28)32)13-17-7-9-18(25)10-8-17/h3-12H,13-14H2,1-2H3,(H,27,30). The van der Waals surface area contributed by atoms with Gasteiger partial charge in [0.05, 0.1) is 12.1 Å². The topological polar surface area (TPSA) is 86.0 Å². The summed E-state index contributed by atoms with van der Waals surface area (Å²) in [4.78, 5) is 43.1. The molecule has 0 spiro atoms. The highest BCUT2D eigenvalue weighted by Gasteiger charge is 2.17. The second-order valence-electron chi connectivity index (χ2n) is 7.62. The van der Waals surface area contributed by atoms with Crippen LogP contribution in [0.2, 0.25) is 0 Å². The molecule has 7 nitrogen and oxygen atoms in total. The Bertz CT molecular complexity index is 1440. The minimum Gasteiger partial charge on any atom is -0.324 e. The SMILES string of the molecule is Cc1ccc(C)c(NC(=O)Cn2c(=O)n(Cc3ccc(F)cc3)c(=O)c3ncccc32)c1. The average molecular weight is 432 g/mol. The summed E-state index contributed by atoms with van der Waals surface area (Å²) in [6.45, 7) is 3.44. The molecule has 0 radical (unpaired) electrons. The summed E-state index contributed by atoms with van der Waals surface area (Å²) < 4.78 is 15.5. The van der Waals surface area contributed by atoms with E-state index in [-0.39, 0.29) is 24.1 Å². The zero-order valence-corrected chi connectivity index (χ0v) is 17.6. The number of carbonyl (C=O) groups is 1. The van der Waals surface area contributed by atoms with Gasteiger partial charge in [0.25, 0.3) is 5.56 Å². The minimum atomic E-state index is -0.643. The lowest BCUT2D eigenvalue weighted by molar-refractivity contribution is -0.116. The second-order valence-corrected chi connectivity index (χ2v) is 7.62. The summed E-state index contributed by atoms with van der Waals surface area (Å²) in [5, 5.41) is 2.83. The summed E-state index contributed by atoms with van der Waals surface area (Å²) in [6, 6.07) is 14.4. The maximum Gasteiger partial charge on any atom is 0.332 e. The molecule has 0 aliphatic rings. The summed E-state index contributed by atoms with van der Waals surface area (Å²) in [5.74, 6) is -0.820. The first-order valence-electron chi connectivity index (χ1n) is 10.0. The Labute approximate surface area is 182 Å². The Morgan fingerprint density at radius 1 is 1.03 bits per heavy atom. The van der Waals surface area contributed by atoms with Crippen molar-refractivity contribution in [2.75, 3.05) is 5.32 Å². The Morgan fingerprint density at radius 3 is 2.53 bits per heavy atom. The van der Waals surface area contributed by atoms with Gasteiger partial charge in [-0.25, -0.2) is 14.2 Å². The fourth-order valence-corrected chi connectivity index (χ4v) is 3.51. The van der Waals surface area contributed by atoms with Crippen molar-refractivity contribution in [2.24, 2.45) is 0 Å². The van der Waals surface area contributed by atoms with Crippen LogP contribution in [0.25, 0.3) is 11.0 Å². The van der Waals surface area contributed by atoms with Crippen LogP contribution < -0.4 is 16.6 Å². The van der Waals surface area contributed by atoms with E-state index in [1.165, 1.54) is 35.0 Å². The van der Waals surface area contributed by atoms with Crippen molar-refractivity contribution in [1.82, 2.24) is 14.1 Å². The zero-order chi connectivity index (χ0) is 22.8. The van der Waals surface area contributed by atoms with Gasteiger partial charge in [-0.3, -0.25) is 18.7 Å². The Hall–Kier alpha value is -4.07. The van der Waals surface area contributed by atoms with Gasteiger partial charge in [-0.1, -0.05) is 24.3 Å². The number of aromatic nitrogens is 3. The fourth-order valence-electron chi connectivity index (χ4n) is 3.51. The normalized spacial score (nSPS) is 11.0. The van der Waals surface area contributed by atoms with Gasteiger partial charge in [-0.05, 0) is 60.9 Å². The molecule has 2 aromatic heterocycles. The van der Waals surface area contributed by atoms with Crippen molar-refractivity contribution < 1.29 is 9.18 Å². The van der Waals surface area contributed by atoms with Crippen molar-refractivity contribution in [3.63, 3.8) is 0 Å². The lowest BCUT2D eigenvalue weighted by Crippen LogP contribution is -2.42. The van der Waals surface area contributed by atoms with Gasteiger partial charge in [-0.15, -0.1) is 0 Å². The van der Waals surface area contributed by atoms with E-state index < -0.39 is 23.0 Å². The number of nitrogens with one attached hydrogen (secondary N) is 1. The average Bonchev–Trinajstić information content (AvgIpc) is 2.78. The number of hydrogen-bond donors (Lipinski definition) is 1. The number of amides is 1. The number of carbonyl (C=O) groups excluding carboxylic acids is 1. The molecule has 0 aliphatic carbocycles. The van der Waals surface area contributed by atoms with E-state index >= 15 is 0 Å². The molecule has 4 rings (SSSR count). The van der Waals surface area contributed by atoms with Crippen LogP contribution in [0.4, 0.5) is 10.1 Å². The predicted octanol–water partition coefficient (Wildman–Crippen LogP) is 3.00. The summed E-state index contributed by atoms with van der Waals surface area (Å²) in [7, 11) is 0. The molecule has 162 valence electrons. The zero-order valence-electron chi connectivity index (χ0n) is 17.6. The van der Waals surface area contributed by atoms with Crippen molar-refractivity contribution in [3.8, 4) is 0 Å². The number of aryl methyl sites for hydroxylation is 2. The molecule has 4 aromatic rings. The maximum absolute atomic E-state index is 13.2. The number of fused-ring (bicyclic) bond motifs is 1. The van der Waals surface area contributed by atoms with Crippen LogP contribution in [0.5, 0.6) is 0 Å². The number of rotatable bonds is 5. The van der Waals surface area contributed by atoms with E-state index in [2.05, 4.69) is 10.3 Å². The molecule has 0 bridgehead atoms.